The molecule has 0 bridgehead atoms. The monoisotopic (exact) mass is 534 g/mol. The number of hydrogen-bond acceptors (Lipinski definition) is 7. The Labute approximate surface area is 222 Å². The summed E-state index contributed by atoms with van der Waals surface area (Å²) in [7, 11) is 0. The van der Waals surface area contributed by atoms with E-state index in [2.05, 4.69) is 0 Å². The predicted molar refractivity (Wildman–Crippen MR) is 142 cm³/mol. The third kappa shape index (κ3) is 4.10. The SMILES string of the molecule is CCOC(=O)c1c(CCl)nc2sc3c(c2c1-c1ccc2c(c1)OCO2)CCN(C(=O)c1ccccc1)C3. The molecular weight excluding hydrogens is 512 g/mol. The predicted octanol–water partition coefficient (Wildman–Crippen LogP) is 5.81. The van der Waals surface area contributed by atoms with Crippen LogP contribution in [0.1, 0.15) is 43.8 Å². The minimum Gasteiger partial charge on any atom is -0.462 e. The van der Waals surface area contributed by atoms with Crippen molar-refractivity contribution in [1.82, 2.24) is 9.88 Å². The molecule has 9 heteroatoms. The molecule has 2 aromatic carbocycles. The van der Waals surface area contributed by atoms with Gasteiger partial charge in [-0.05, 0) is 48.7 Å². The number of thiophene rings is 1. The number of benzene rings is 2. The van der Waals surface area contributed by atoms with E-state index in [9.17, 15) is 9.59 Å². The van der Waals surface area contributed by atoms with Gasteiger partial charge in [0.2, 0.25) is 6.79 Å². The largest absolute Gasteiger partial charge is 0.462 e. The summed E-state index contributed by atoms with van der Waals surface area (Å²) >= 11 is 7.87. The summed E-state index contributed by atoms with van der Waals surface area (Å²) in [5.74, 6) is 0.876. The molecule has 2 aliphatic heterocycles. The molecule has 0 radical (unpaired) electrons. The first kappa shape index (κ1) is 23.8. The average molecular weight is 535 g/mol. The number of rotatable bonds is 5. The van der Waals surface area contributed by atoms with E-state index in [1.54, 1.807) is 18.3 Å². The summed E-state index contributed by atoms with van der Waals surface area (Å²) in [4.78, 5) is 34.9. The smallest absolute Gasteiger partial charge is 0.340 e. The maximum Gasteiger partial charge on any atom is 0.340 e. The van der Waals surface area contributed by atoms with E-state index in [1.165, 1.54) is 0 Å². The Bertz CT molecular complexity index is 1540. The normalized spacial score (nSPS) is 14.1. The van der Waals surface area contributed by atoms with Crippen LogP contribution in [0.2, 0.25) is 0 Å². The van der Waals surface area contributed by atoms with E-state index in [0.29, 0.717) is 47.8 Å². The fourth-order valence-corrected chi connectivity index (χ4v) is 6.43. The lowest BCUT2D eigenvalue weighted by Crippen LogP contribution is -2.35. The van der Waals surface area contributed by atoms with Crippen molar-refractivity contribution in [2.75, 3.05) is 19.9 Å². The number of aromatic nitrogens is 1. The zero-order valence-electron chi connectivity index (χ0n) is 20.1. The van der Waals surface area contributed by atoms with Crippen molar-refractivity contribution in [2.24, 2.45) is 0 Å². The molecule has 6 rings (SSSR count). The summed E-state index contributed by atoms with van der Waals surface area (Å²) in [6.45, 7) is 3.21. The van der Waals surface area contributed by atoms with Crippen molar-refractivity contribution in [3.8, 4) is 22.6 Å². The van der Waals surface area contributed by atoms with E-state index in [1.807, 2.05) is 53.4 Å². The lowest BCUT2D eigenvalue weighted by Gasteiger charge is -2.27. The highest BCUT2D eigenvalue weighted by molar-refractivity contribution is 7.19. The van der Waals surface area contributed by atoms with Crippen molar-refractivity contribution >= 4 is 45.0 Å². The summed E-state index contributed by atoms with van der Waals surface area (Å²) in [5.41, 5.74) is 4.14. The Morgan fingerprint density at radius 1 is 1.14 bits per heavy atom. The molecule has 0 saturated carbocycles. The van der Waals surface area contributed by atoms with Gasteiger partial charge in [-0.25, -0.2) is 9.78 Å². The highest BCUT2D eigenvalue weighted by Crippen LogP contribution is 2.45. The minimum absolute atomic E-state index is 0.00122. The van der Waals surface area contributed by atoms with Gasteiger partial charge in [0.25, 0.3) is 5.91 Å². The van der Waals surface area contributed by atoms with Crippen LogP contribution in [-0.2, 0) is 23.6 Å². The Morgan fingerprint density at radius 2 is 1.95 bits per heavy atom. The first-order chi connectivity index (χ1) is 18.1. The molecule has 2 aliphatic rings. The van der Waals surface area contributed by atoms with Gasteiger partial charge >= 0.3 is 5.97 Å². The number of carbonyl (C=O) groups is 2. The first-order valence-corrected chi connectivity index (χ1v) is 13.4. The van der Waals surface area contributed by atoms with Crippen molar-refractivity contribution in [1.29, 1.82) is 0 Å². The third-order valence-corrected chi connectivity index (χ3v) is 8.00. The number of esters is 1. The molecule has 0 saturated heterocycles. The molecule has 2 aromatic heterocycles. The van der Waals surface area contributed by atoms with E-state index in [0.717, 1.165) is 31.8 Å². The zero-order valence-corrected chi connectivity index (χ0v) is 21.7. The standard InChI is InChI=1S/C28H23ClN2O5S/c1-2-34-28(33)25-19(13-29)30-26-24(23(25)17-8-9-20-21(12-17)36-15-35-20)18-10-11-31(14-22(18)37-26)27(32)16-6-4-3-5-7-16/h3-9,12H,2,10-11,13-15H2,1H3. The summed E-state index contributed by atoms with van der Waals surface area (Å²) in [6, 6.07) is 15.0. The van der Waals surface area contributed by atoms with E-state index < -0.39 is 5.97 Å². The Morgan fingerprint density at radius 3 is 2.73 bits per heavy atom. The average Bonchev–Trinajstić information content (AvgIpc) is 3.55. The molecule has 7 nitrogen and oxygen atoms in total. The van der Waals surface area contributed by atoms with Gasteiger partial charge in [-0.3, -0.25) is 4.79 Å². The van der Waals surface area contributed by atoms with Gasteiger partial charge in [-0.15, -0.1) is 22.9 Å². The van der Waals surface area contributed by atoms with Gasteiger partial charge in [0.1, 0.15) is 4.83 Å². The first-order valence-electron chi connectivity index (χ1n) is 12.0. The molecule has 0 unspecified atom stereocenters. The highest BCUT2D eigenvalue weighted by atomic mass is 35.5. The summed E-state index contributed by atoms with van der Waals surface area (Å²) in [6.07, 6.45) is 0.648. The second-order valence-corrected chi connectivity index (χ2v) is 10.1. The maximum absolute atomic E-state index is 13.3. The molecular formula is C28H23ClN2O5S. The number of alkyl halides is 1. The van der Waals surface area contributed by atoms with E-state index in [-0.39, 0.29) is 25.2 Å². The third-order valence-electron chi connectivity index (χ3n) is 6.64. The number of amides is 1. The topological polar surface area (TPSA) is 78.0 Å². The number of hydrogen-bond donors (Lipinski definition) is 0. The lowest BCUT2D eigenvalue weighted by atomic mass is 9.91. The molecule has 0 fully saturated rings. The Kier molecular flexibility index (Phi) is 6.22. The van der Waals surface area contributed by atoms with Crippen LogP contribution in [0.4, 0.5) is 0 Å². The quantitative estimate of drug-likeness (QED) is 0.238. The van der Waals surface area contributed by atoms with Gasteiger partial charge in [0.05, 0.1) is 30.3 Å². The molecule has 0 spiro atoms. The van der Waals surface area contributed by atoms with Crippen LogP contribution in [0.3, 0.4) is 0 Å². The number of halogens is 1. The number of carbonyl (C=O) groups excluding carboxylic acids is 2. The summed E-state index contributed by atoms with van der Waals surface area (Å²) < 4.78 is 16.6. The van der Waals surface area contributed by atoms with Crippen molar-refractivity contribution < 1.29 is 23.8 Å². The van der Waals surface area contributed by atoms with Crippen molar-refractivity contribution in [2.45, 2.75) is 25.8 Å². The molecule has 4 heterocycles. The maximum atomic E-state index is 13.3. The minimum atomic E-state index is -0.461. The zero-order chi connectivity index (χ0) is 25.5. The second-order valence-electron chi connectivity index (χ2n) is 8.76. The number of pyridine rings is 1. The number of ether oxygens (including phenoxy) is 3. The second kappa shape index (κ2) is 9.68. The van der Waals surface area contributed by atoms with Crippen LogP contribution in [0, 0.1) is 0 Å². The Balaban J connectivity index is 1.52. The fraction of sp³-hybridized carbons (Fsp3) is 0.250. The fourth-order valence-electron chi connectivity index (χ4n) is 4.97. The van der Waals surface area contributed by atoms with Gasteiger partial charge in [-0.1, -0.05) is 24.3 Å². The van der Waals surface area contributed by atoms with Gasteiger partial charge < -0.3 is 19.1 Å². The van der Waals surface area contributed by atoms with E-state index >= 15 is 0 Å². The van der Waals surface area contributed by atoms with Gasteiger partial charge in [0, 0.05) is 27.9 Å². The van der Waals surface area contributed by atoms with Crippen LogP contribution < -0.4 is 9.47 Å². The molecule has 188 valence electrons. The van der Waals surface area contributed by atoms with Crippen LogP contribution in [0.5, 0.6) is 11.5 Å². The van der Waals surface area contributed by atoms with Crippen LogP contribution in [0.25, 0.3) is 21.3 Å². The van der Waals surface area contributed by atoms with Gasteiger partial charge in [0.15, 0.2) is 11.5 Å². The van der Waals surface area contributed by atoms with Crippen molar-refractivity contribution in [3.63, 3.8) is 0 Å². The molecule has 4 aromatic rings. The van der Waals surface area contributed by atoms with Crippen LogP contribution in [0.15, 0.2) is 48.5 Å². The van der Waals surface area contributed by atoms with Crippen LogP contribution in [-0.4, -0.2) is 41.7 Å². The molecule has 0 atom stereocenters. The molecule has 37 heavy (non-hydrogen) atoms. The van der Waals surface area contributed by atoms with E-state index in [4.69, 9.17) is 30.8 Å². The van der Waals surface area contributed by atoms with Crippen LogP contribution >= 0.6 is 22.9 Å². The van der Waals surface area contributed by atoms with Gasteiger partial charge in [-0.2, -0.15) is 0 Å². The Hall–Kier alpha value is -3.62. The summed E-state index contributed by atoms with van der Waals surface area (Å²) in [5, 5.41) is 0.905. The lowest BCUT2D eigenvalue weighted by molar-refractivity contribution is 0.0525. The number of fused-ring (bicyclic) bond motifs is 4. The molecule has 1 amide bonds. The molecule has 0 aliphatic carbocycles. The highest BCUT2D eigenvalue weighted by Gasteiger charge is 2.31. The number of nitrogens with zero attached hydrogens (tertiary/aromatic N) is 2. The molecule has 0 N–H and O–H groups in total. The van der Waals surface area contributed by atoms with Crippen molar-refractivity contribution in [3.05, 3.63) is 75.8 Å².